The highest BCUT2D eigenvalue weighted by Gasteiger charge is 1.95. The van der Waals surface area contributed by atoms with Gasteiger partial charge in [-0.25, -0.2) is 0 Å². The van der Waals surface area contributed by atoms with Crippen molar-refractivity contribution in [2.45, 2.75) is 11.8 Å². The Morgan fingerprint density at radius 3 is 1.90 bits per heavy atom. The molecule has 0 aliphatic heterocycles. The van der Waals surface area contributed by atoms with Crippen molar-refractivity contribution >= 4 is 12.0 Å². The number of nitrogens with two attached hydrogens (primary N) is 1. The quantitative estimate of drug-likeness (QED) is 0.444. The second kappa shape index (κ2) is 13.1. The molecule has 1 aromatic rings. The molecule has 0 bridgehead atoms. The summed E-state index contributed by atoms with van der Waals surface area (Å²) in [5.41, 5.74) is 6.54. The smallest absolute Gasteiger partial charge is 0.0852 e. The first-order valence-electron chi connectivity index (χ1n) is 7.12. The number of aryl methyl sites for hydroxylation is 1. The Labute approximate surface area is 131 Å². The SMILES string of the molecule is Cc1ccc(SOCCOCCOCCOCCN)cc1. The molecule has 120 valence electrons. The van der Waals surface area contributed by atoms with E-state index in [1.807, 2.05) is 12.1 Å². The van der Waals surface area contributed by atoms with E-state index in [1.54, 1.807) is 0 Å². The van der Waals surface area contributed by atoms with Crippen molar-refractivity contribution in [1.29, 1.82) is 0 Å². The van der Waals surface area contributed by atoms with Gasteiger partial charge in [-0.05, 0) is 19.1 Å². The molecule has 0 unspecified atom stereocenters. The fourth-order valence-electron chi connectivity index (χ4n) is 1.42. The summed E-state index contributed by atoms with van der Waals surface area (Å²) in [5.74, 6) is 0. The fraction of sp³-hybridized carbons (Fsp3) is 0.600. The Morgan fingerprint density at radius 2 is 1.33 bits per heavy atom. The van der Waals surface area contributed by atoms with Crippen LogP contribution in [0, 0.1) is 6.92 Å². The van der Waals surface area contributed by atoms with Gasteiger partial charge in [-0.1, -0.05) is 17.7 Å². The minimum atomic E-state index is 0.545. The number of hydrogen-bond donors (Lipinski definition) is 1. The maximum Gasteiger partial charge on any atom is 0.0852 e. The van der Waals surface area contributed by atoms with Crippen LogP contribution in [0.2, 0.25) is 0 Å². The zero-order chi connectivity index (χ0) is 15.2. The third kappa shape index (κ3) is 10.7. The van der Waals surface area contributed by atoms with Crippen molar-refractivity contribution in [3.8, 4) is 0 Å². The number of ether oxygens (including phenoxy) is 3. The van der Waals surface area contributed by atoms with Gasteiger partial charge in [0.25, 0.3) is 0 Å². The molecule has 0 radical (unpaired) electrons. The third-order valence-corrected chi connectivity index (χ3v) is 3.24. The Balaban J connectivity index is 1.81. The van der Waals surface area contributed by atoms with Crippen molar-refractivity contribution < 1.29 is 18.4 Å². The van der Waals surface area contributed by atoms with Crippen LogP contribution in [0.4, 0.5) is 0 Å². The van der Waals surface area contributed by atoms with Crippen molar-refractivity contribution in [3.63, 3.8) is 0 Å². The maximum atomic E-state index is 5.45. The molecule has 0 heterocycles. The highest BCUT2D eigenvalue weighted by molar-refractivity contribution is 7.94. The van der Waals surface area contributed by atoms with Crippen molar-refractivity contribution in [1.82, 2.24) is 0 Å². The summed E-state index contributed by atoms with van der Waals surface area (Å²) >= 11 is 1.37. The lowest BCUT2D eigenvalue weighted by Crippen LogP contribution is -2.14. The molecule has 21 heavy (non-hydrogen) atoms. The first-order chi connectivity index (χ1) is 10.3. The van der Waals surface area contributed by atoms with Gasteiger partial charge in [0.1, 0.15) is 0 Å². The second-order valence-electron chi connectivity index (χ2n) is 4.34. The molecule has 0 aliphatic carbocycles. The van der Waals surface area contributed by atoms with E-state index in [0.717, 1.165) is 4.90 Å². The van der Waals surface area contributed by atoms with Crippen LogP contribution in [0.5, 0.6) is 0 Å². The highest BCUT2D eigenvalue weighted by Crippen LogP contribution is 2.18. The van der Waals surface area contributed by atoms with Crippen LogP contribution in [0.25, 0.3) is 0 Å². The van der Waals surface area contributed by atoms with E-state index in [0.29, 0.717) is 52.8 Å². The van der Waals surface area contributed by atoms with Crippen LogP contribution in [0.3, 0.4) is 0 Å². The summed E-state index contributed by atoms with van der Waals surface area (Å²) in [5, 5.41) is 0. The second-order valence-corrected chi connectivity index (χ2v) is 5.22. The van der Waals surface area contributed by atoms with Gasteiger partial charge in [-0.15, -0.1) is 0 Å². The fourth-order valence-corrected chi connectivity index (χ4v) is 1.96. The van der Waals surface area contributed by atoms with E-state index in [4.69, 9.17) is 24.1 Å². The molecule has 5 nitrogen and oxygen atoms in total. The van der Waals surface area contributed by atoms with Gasteiger partial charge in [0.15, 0.2) is 0 Å². The Kier molecular flexibility index (Phi) is 11.5. The lowest BCUT2D eigenvalue weighted by Gasteiger charge is -2.06. The Hall–Kier alpha value is -0.630. The summed E-state index contributed by atoms with van der Waals surface area (Å²) in [6.45, 7) is 6.59. The molecule has 0 atom stereocenters. The average molecular weight is 315 g/mol. The molecule has 0 saturated carbocycles. The van der Waals surface area contributed by atoms with Crippen LogP contribution in [-0.2, 0) is 18.4 Å². The molecule has 0 aromatic heterocycles. The van der Waals surface area contributed by atoms with Crippen LogP contribution in [0.15, 0.2) is 29.2 Å². The largest absolute Gasteiger partial charge is 0.378 e. The zero-order valence-electron chi connectivity index (χ0n) is 12.6. The van der Waals surface area contributed by atoms with Crippen LogP contribution in [0.1, 0.15) is 5.56 Å². The van der Waals surface area contributed by atoms with E-state index in [9.17, 15) is 0 Å². The summed E-state index contributed by atoms with van der Waals surface area (Å²) in [7, 11) is 0. The zero-order valence-corrected chi connectivity index (χ0v) is 13.4. The molecular weight excluding hydrogens is 290 g/mol. The molecule has 1 aromatic carbocycles. The minimum Gasteiger partial charge on any atom is -0.378 e. The molecule has 6 heteroatoms. The van der Waals surface area contributed by atoms with Gasteiger partial charge in [0.05, 0.1) is 46.2 Å². The first kappa shape index (κ1) is 18.4. The lowest BCUT2D eigenvalue weighted by atomic mass is 10.2. The average Bonchev–Trinajstić information content (AvgIpc) is 2.50. The Morgan fingerprint density at radius 1 is 0.810 bits per heavy atom. The molecule has 0 spiro atoms. The van der Waals surface area contributed by atoms with Gasteiger partial charge in [0.2, 0.25) is 0 Å². The summed E-state index contributed by atoms with van der Waals surface area (Å²) in [6.07, 6.45) is 0. The van der Waals surface area contributed by atoms with Crippen LogP contribution >= 0.6 is 12.0 Å². The third-order valence-electron chi connectivity index (χ3n) is 2.49. The van der Waals surface area contributed by atoms with E-state index >= 15 is 0 Å². The first-order valence-corrected chi connectivity index (χ1v) is 7.86. The van der Waals surface area contributed by atoms with Gasteiger partial charge >= 0.3 is 0 Å². The van der Waals surface area contributed by atoms with E-state index in [2.05, 4.69) is 19.1 Å². The van der Waals surface area contributed by atoms with Crippen molar-refractivity contribution in [2.75, 3.05) is 52.8 Å². The predicted octanol–water partition coefficient (Wildman–Crippen LogP) is 2.03. The minimum absolute atomic E-state index is 0.545. The van der Waals surface area contributed by atoms with E-state index in [1.165, 1.54) is 17.6 Å². The molecule has 0 aliphatic rings. The molecule has 0 saturated heterocycles. The van der Waals surface area contributed by atoms with E-state index in [-0.39, 0.29) is 0 Å². The molecule has 0 fully saturated rings. The van der Waals surface area contributed by atoms with Gasteiger partial charge in [-0.3, -0.25) is 0 Å². The van der Waals surface area contributed by atoms with Gasteiger partial charge in [0, 0.05) is 23.5 Å². The standard InChI is InChI=1S/C15H25NO4S/c1-14-2-4-15(5-3-14)21-20-13-12-19-11-10-18-9-8-17-7-6-16/h2-5H,6-13,16H2,1H3. The maximum absolute atomic E-state index is 5.45. The highest BCUT2D eigenvalue weighted by atomic mass is 32.2. The summed E-state index contributed by atoms with van der Waals surface area (Å²) in [4.78, 5) is 1.10. The van der Waals surface area contributed by atoms with Gasteiger partial charge < -0.3 is 24.1 Å². The number of benzene rings is 1. The van der Waals surface area contributed by atoms with Crippen molar-refractivity contribution in [3.05, 3.63) is 29.8 Å². The summed E-state index contributed by atoms with van der Waals surface area (Å²) in [6, 6.07) is 8.22. The Bertz CT molecular complexity index is 348. The molecule has 0 amide bonds. The van der Waals surface area contributed by atoms with E-state index < -0.39 is 0 Å². The number of rotatable bonds is 13. The monoisotopic (exact) mass is 315 g/mol. The van der Waals surface area contributed by atoms with Gasteiger partial charge in [-0.2, -0.15) is 0 Å². The topological polar surface area (TPSA) is 62.9 Å². The molecular formula is C15H25NO4S. The van der Waals surface area contributed by atoms with Crippen LogP contribution in [-0.4, -0.2) is 52.8 Å². The summed E-state index contributed by atoms with van der Waals surface area (Å²) < 4.78 is 21.4. The normalized spacial score (nSPS) is 11.0. The lowest BCUT2D eigenvalue weighted by molar-refractivity contribution is 0.0116. The molecule has 2 N–H and O–H groups in total. The number of hydrogen-bond acceptors (Lipinski definition) is 6. The van der Waals surface area contributed by atoms with Crippen LogP contribution < -0.4 is 5.73 Å². The molecule has 1 rings (SSSR count). The predicted molar refractivity (Wildman–Crippen MR) is 84.5 cm³/mol. The van der Waals surface area contributed by atoms with Crippen molar-refractivity contribution in [2.24, 2.45) is 5.73 Å².